The lowest BCUT2D eigenvalue weighted by Gasteiger charge is -2.14. The molecule has 0 heterocycles. The molecular weight excluding hydrogens is 432 g/mol. The van der Waals surface area contributed by atoms with E-state index in [9.17, 15) is 4.79 Å². The Balaban J connectivity index is 1.54. The highest BCUT2D eigenvalue weighted by Crippen LogP contribution is 2.18. The summed E-state index contributed by atoms with van der Waals surface area (Å²) < 4.78 is 0. The van der Waals surface area contributed by atoms with Crippen molar-refractivity contribution < 1.29 is 9.63 Å². The summed E-state index contributed by atoms with van der Waals surface area (Å²) >= 11 is 5.93. The molecule has 0 saturated heterocycles. The molecule has 0 aliphatic rings. The first kappa shape index (κ1) is 27.4. The molecule has 2 aromatic rings. The lowest BCUT2D eigenvalue weighted by molar-refractivity contribution is -0.0204. The number of halogens is 1. The summed E-state index contributed by atoms with van der Waals surface area (Å²) in [4.78, 5) is 18.0. The summed E-state index contributed by atoms with van der Waals surface area (Å²) in [7, 11) is 0. The van der Waals surface area contributed by atoms with Gasteiger partial charge in [-0.2, -0.15) is 5.48 Å². The highest BCUT2D eigenvalue weighted by atomic mass is 35.5. The molecule has 2 rings (SSSR count). The van der Waals surface area contributed by atoms with Crippen LogP contribution in [0.1, 0.15) is 106 Å². The standard InChI is InChI=1S/C28H41ClN2O2/c1-3-4-5-6-7-8-9-10-11-12-21-30-28(32)26-15-13-24(14-16-26)22-31-33-23(2)25-17-19-27(29)20-18-25/h13-20,23,31H,3-12,21-22H2,1-2H3,(H,30,32)/t23-/m0/s1. The summed E-state index contributed by atoms with van der Waals surface area (Å²) in [5.41, 5.74) is 5.82. The van der Waals surface area contributed by atoms with E-state index in [0.717, 1.165) is 24.1 Å². The van der Waals surface area contributed by atoms with Crippen LogP contribution in [0.5, 0.6) is 0 Å². The fourth-order valence-electron chi connectivity index (χ4n) is 3.74. The normalized spacial score (nSPS) is 12.0. The molecule has 1 atom stereocenters. The number of nitrogens with one attached hydrogen (secondary N) is 2. The van der Waals surface area contributed by atoms with Gasteiger partial charge in [-0.15, -0.1) is 0 Å². The van der Waals surface area contributed by atoms with Crippen LogP contribution in [0, 0.1) is 0 Å². The minimum Gasteiger partial charge on any atom is -0.352 e. The monoisotopic (exact) mass is 472 g/mol. The van der Waals surface area contributed by atoms with Crippen molar-refractivity contribution in [1.29, 1.82) is 0 Å². The Bertz CT molecular complexity index is 777. The lowest BCUT2D eigenvalue weighted by atomic mass is 10.1. The van der Waals surface area contributed by atoms with Crippen LogP contribution in [0.25, 0.3) is 0 Å². The Labute approximate surface area is 205 Å². The van der Waals surface area contributed by atoms with Crippen molar-refractivity contribution in [1.82, 2.24) is 10.8 Å². The maximum Gasteiger partial charge on any atom is 0.251 e. The van der Waals surface area contributed by atoms with E-state index in [1.54, 1.807) is 0 Å². The van der Waals surface area contributed by atoms with Crippen LogP contribution >= 0.6 is 11.6 Å². The fraction of sp³-hybridized carbons (Fsp3) is 0.536. The van der Waals surface area contributed by atoms with Gasteiger partial charge in [0.25, 0.3) is 5.91 Å². The molecule has 0 aromatic heterocycles. The Morgan fingerprint density at radius 3 is 2.03 bits per heavy atom. The number of rotatable bonds is 17. The molecule has 4 nitrogen and oxygen atoms in total. The second kappa shape index (κ2) is 16.7. The predicted octanol–water partition coefficient (Wildman–Crippen LogP) is 7.77. The van der Waals surface area contributed by atoms with Crippen molar-refractivity contribution in [2.24, 2.45) is 0 Å². The van der Waals surface area contributed by atoms with Gasteiger partial charge in [0.05, 0.1) is 0 Å². The molecule has 0 spiro atoms. The highest BCUT2D eigenvalue weighted by molar-refractivity contribution is 6.30. The van der Waals surface area contributed by atoms with E-state index < -0.39 is 0 Å². The Kier molecular flexibility index (Phi) is 13.8. The first-order chi connectivity index (χ1) is 16.1. The molecular formula is C28H41ClN2O2. The number of hydrogen-bond donors (Lipinski definition) is 2. The summed E-state index contributed by atoms with van der Waals surface area (Å²) in [6.07, 6.45) is 12.9. The maximum atomic E-state index is 12.3. The Morgan fingerprint density at radius 2 is 1.42 bits per heavy atom. The molecule has 0 saturated carbocycles. The van der Waals surface area contributed by atoms with E-state index in [0.29, 0.717) is 17.1 Å². The third kappa shape index (κ3) is 11.7. The zero-order valence-corrected chi connectivity index (χ0v) is 21.1. The van der Waals surface area contributed by atoms with Gasteiger partial charge in [-0.05, 0) is 48.7 Å². The van der Waals surface area contributed by atoms with Gasteiger partial charge >= 0.3 is 0 Å². The van der Waals surface area contributed by atoms with E-state index >= 15 is 0 Å². The second-order valence-corrected chi connectivity index (χ2v) is 9.20. The van der Waals surface area contributed by atoms with Crippen LogP contribution in [-0.2, 0) is 11.4 Å². The molecule has 0 bridgehead atoms. The Morgan fingerprint density at radius 1 is 0.848 bits per heavy atom. The molecule has 182 valence electrons. The average molecular weight is 473 g/mol. The number of carbonyl (C=O) groups is 1. The Hall–Kier alpha value is -1.88. The summed E-state index contributed by atoms with van der Waals surface area (Å²) in [5, 5.41) is 3.75. The van der Waals surface area contributed by atoms with Gasteiger partial charge < -0.3 is 5.32 Å². The van der Waals surface area contributed by atoms with Gasteiger partial charge in [0.1, 0.15) is 6.10 Å². The minimum absolute atomic E-state index is 0.00181. The number of amides is 1. The van der Waals surface area contributed by atoms with Gasteiger partial charge in [0.15, 0.2) is 0 Å². The SMILES string of the molecule is CCCCCCCCCCCCNC(=O)c1ccc(CNO[C@@H](C)c2ccc(Cl)cc2)cc1. The zero-order valence-electron chi connectivity index (χ0n) is 20.4. The number of hydroxylamine groups is 1. The largest absolute Gasteiger partial charge is 0.352 e. The zero-order chi connectivity index (χ0) is 23.7. The van der Waals surface area contributed by atoms with Gasteiger partial charge in [-0.1, -0.05) is 101 Å². The second-order valence-electron chi connectivity index (χ2n) is 8.77. The number of benzene rings is 2. The van der Waals surface area contributed by atoms with Crippen LogP contribution in [0.3, 0.4) is 0 Å². The molecule has 2 aromatic carbocycles. The first-order valence-corrected chi connectivity index (χ1v) is 13.0. The molecule has 0 unspecified atom stereocenters. The number of hydrogen-bond acceptors (Lipinski definition) is 3. The van der Waals surface area contributed by atoms with E-state index in [2.05, 4.69) is 17.7 Å². The molecule has 0 aliphatic heterocycles. The van der Waals surface area contributed by atoms with Gasteiger partial charge in [-0.25, -0.2) is 0 Å². The first-order valence-electron chi connectivity index (χ1n) is 12.6. The van der Waals surface area contributed by atoms with Crippen LogP contribution in [-0.4, -0.2) is 12.5 Å². The van der Waals surface area contributed by atoms with Crippen LogP contribution in [0.4, 0.5) is 0 Å². The molecule has 1 amide bonds. The van der Waals surface area contributed by atoms with Crippen molar-refractivity contribution in [2.45, 2.75) is 90.7 Å². The van der Waals surface area contributed by atoms with Crippen LogP contribution in [0.2, 0.25) is 5.02 Å². The number of carbonyl (C=O) groups excluding carboxylic acids is 1. The van der Waals surface area contributed by atoms with Crippen molar-refractivity contribution >= 4 is 17.5 Å². The molecule has 33 heavy (non-hydrogen) atoms. The molecule has 2 N–H and O–H groups in total. The van der Waals surface area contributed by atoms with E-state index in [4.69, 9.17) is 16.4 Å². The summed E-state index contributed by atoms with van der Waals surface area (Å²) in [6.45, 7) is 5.56. The van der Waals surface area contributed by atoms with Crippen molar-refractivity contribution in [3.05, 3.63) is 70.2 Å². The fourth-order valence-corrected chi connectivity index (χ4v) is 3.87. The lowest BCUT2D eigenvalue weighted by Crippen LogP contribution is -2.24. The molecule has 5 heteroatoms. The summed E-state index contributed by atoms with van der Waals surface area (Å²) in [6, 6.07) is 15.3. The highest BCUT2D eigenvalue weighted by Gasteiger charge is 2.07. The van der Waals surface area contributed by atoms with E-state index in [-0.39, 0.29) is 12.0 Å². The quantitative estimate of drug-likeness (QED) is 0.182. The molecule has 0 aliphatic carbocycles. The van der Waals surface area contributed by atoms with Crippen molar-refractivity contribution in [3.63, 3.8) is 0 Å². The number of unbranched alkanes of at least 4 members (excludes halogenated alkanes) is 9. The molecule has 0 fully saturated rings. The van der Waals surface area contributed by atoms with Crippen LogP contribution < -0.4 is 10.8 Å². The van der Waals surface area contributed by atoms with Gasteiger partial charge in [-0.3, -0.25) is 9.63 Å². The maximum absolute atomic E-state index is 12.3. The summed E-state index contributed by atoms with van der Waals surface area (Å²) in [5.74, 6) is -0.00181. The van der Waals surface area contributed by atoms with Gasteiger partial charge in [0, 0.05) is 23.7 Å². The predicted molar refractivity (Wildman–Crippen MR) is 138 cm³/mol. The van der Waals surface area contributed by atoms with Crippen molar-refractivity contribution in [2.75, 3.05) is 6.54 Å². The topological polar surface area (TPSA) is 50.4 Å². The third-order valence-electron chi connectivity index (χ3n) is 5.91. The van der Waals surface area contributed by atoms with E-state index in [1.807, 2.05) is 55.5 Å². The minimum atomic E-state index is -0.0851. The van der Waals surface area contributed by atoms with Crippen molar-refractivity contribution in [3.8, 4) is 0 Å². The van der Waals surface area contributed by atoms with Gasteiger partial charge in [0.2, 0.25) is 0 Å². The van der Waals surface area contributed by atoms with Crippen LogP contribution in [0.15, 0.2) is 48.5 Å². The average Bonchev–Trinajstić information content (AvgIpc) is 2.83. The van der Waals surface area contributed by atoms with E-state index in [1.165, 1.54) is 57.8 Å². The third-order valence-corrected chi connectivity index (χ3v) is 6.16. The molecule has 0 radical (unpaired) electrons. The smallest absolute Gasteiger partial charge is 0.251 e.